The Morgan fingerprint density at radius 1 is 1.57 bits per heavy atom. The Morgan fingerprint density at radius 2 is 2.29 bits per heavy atom. The molecule has 0 aromatic carbocycles. The number of carbonyl (C=O) groups excluding carboxylic acids is 2. The van der Waals surface area contributed by atoms with Crippen molar-refractivity contribution in [2.24, 2.45) is 5.18 Å². The largest absolute Gasteiger partial charge is 0.464 e. The highest BCUT2D eigenvalue weighted by Crippen LogP contribution is 2.29. The molecule has 0 N–H and O–H groups in total. The second kappa shape index (κ2) is 4.30. The summed E-state index contributed by atoms with van der Waals surface area (Å²) in [6.45, 7) is 1.78. The van der Waals surface area contributed by atoms with E-state index in [1.54, 1.807) is 6.92 Å². The molecule has 0 amide bonds. The average molecular weight is 199 g/mol. The summed E-state index contributed by atoms with van der Waals surface area (Å²) >= 11 is 0. The number of carbonyl (C=O) groups is 2. The van der Waals surface area contributed by atoms with Gasteiger partial charge in [0.2, 0.25) is 0 Å². The molecular formula is C9H13NO4. The van der Waals surface area contributed by atoms with Crippen LogP contribution in [0.1, 0.15) is 32.6 Å². The van der Waals surface area contributed by atoms with E-state index < -0.39 is 17.3 Å². The third kappa shape index (κ3) is 1.66. The van der Waals surface area contributed by atoms with Crippen molar-refractivity contribution < 1.29 is 14.3 Å². The maximum absolute atomic E-state index is 11.5. The van der Waals surface area contributed by atoms with Crippen LogP contribution in [0.3, 0.4) is 0 Å². The fourth-order valence-corrected chi connectivity index (χ4v) is 1.61. The summed E-state index contributed by atoms with van der Waals surface area (Å²) in [5.74, 6) is -1.20. The SMILES string of the molecule is CCOC(=O)C1(N=O)CCCCC1=O. The van der Waals surface area contributed by atoms with Gasteiger partial charge in [0.05, 0.1) is 6.61 Å². The Morgan fingerprint density at radius 3 is 2.79 bits per heavy atom. The van der Waals surface area contributed by atoms with Gasteiger partial charge in [-0.1, -0.05) is 0 Å². The molecule has 0 saturated heterocycles. The van der Waals surface area contributed by atoms with E-state index in [1.807, 2.05) is 0 Å². The van der Waals surface area contributed by atoms with Gasteiger partial charge in [-0.2, -0.15) is 0 Å². The van der Waals surface area contributed by atoms with E-state index in [2.05, 4.69) is 5.18 Å². The Hall–Kier alpha value is -1.26. The lowest BCUT2D eigenvalue weighted by atomic mass is 9.81. The van der Waals surface area contributed by atoms with Crippen LogP contribution in [0.15, 0.2) is 5.18 Å². The molecule has 1 aliphatic rings. The lowest BCUT2D eigenvalue weighted by Gasteiger charge is -2.26. The number of hydrogen-bond donors (Lipinski definition) is 0. The summed E-state index contributed by atoms with van der Waals surface area (Å²) in [4.78, 5) is 33.5. The van der Waals surface area contributed by atoms with Gasteiger partial charge < -0.3 is 4.74 Å². The minimum Gasteiger partial charge on any atom is -0.464 e. The molecule has 0 spiro atoms. The van der Waals surface area contributed by atoms with Gasteiger partial charge in [-0.25, -0.2) is 4.79 Å². The van der Waals surface area contributed by atoms with Crippen LogP contribution >= 0.6 is 0 Å². The fourth-order valence-electron chi connectivity index (χ4n) is 1.61. The van der Waals surface area contributed by atoms with Crippen LogP contribution < -0.4 is 0 Å². The van der Waals surface area contributed by atoms with Crippen LogP contribution in [-0.2, 0) is 14.3 Å². The Kier molecular flexibility index (Phi) is 3.33. The van der Waals surface area contributed by atoms with Crippen LogP contribution in [0.25, 0.3) is 0 Å². The normalized spacial score (nSPS) is 27.1. The average Bonchev–Trinajstić information content (AvgIpc) is 2.19. The Labute approximate surface area is 81.8 Å². The van der Waals surface area contributed by atoms with E-state index >= 15 is 0 Å². The first kappa shape index (κ1) is 10.8. The van der Waals surface area contributed by atoms with Crippen LogP contribution in [0.4, 0.5) is 0 Å². The second-order valence-corrected chi connectivity index (χ2v) is 3.30. The minimum atomic E-state index is -1.74. The molecule has 0 aromatic heterocycles. The van der Waals surface area contributed by atoms with Gasteiger partial charge in [0.15, 0.2) is 5.78 Å². The third-order valence-corrected chi connectivity index (χ3v) is 2.42. The number of ether oxygens (including phenoxy) is 1. The van der Waals surface area contributed by atoms with Crippen molar-refractivity contribution in [3.8, 4) is 0 Å². The number of esters is 1. The molecule has 14 heavy (non-hydrogen) atoms. The molecule has 1 aliphatic carbocycles. The van der Waals surface area contributed by atoms with Gasteiger partial charge in [-0.3, -0.25) is 4.79 Å². The fraction of sp³-hybridized carbons (Fsp3) is 0.778. The highest BCUT2D eigenvalue weighted by molar-refractivity contribution is 6.09. The molecule has 0 aliphatic heterocycles. The van der Waals surface area contributed by atoms with E-state index in [0.29, 0.717) is 6.42 Å². The van der Waals surface area contributed by atoms with Gasteiger partial charge >= 0.3 is 5.97 Å². The van der Waals surface area contributed by atoms with E-state index in [9.17, 15) is 14.5 Å². The first-order chi connectivity index (χ1) is 6.67. The number of rotatable bonds is 3. The molecule has 1 saturated carbocycles. The van der Waals surface area contributed by atoms with Crippen molar-refractivity contribution >= 4 is 11.8 Å². The van der Waals surface area contributed by atoms with E-state index in [1.165, 1.54) is 0 Å². The van der Waals surface area contributed by atoms with Gasteiger partial charge in [0, 0.05) is 6.42 Å². The molecular weight excluding hydrogens is 186 g/mol. The van der Waals surface area contributed by atoms with E-state index in [0.717, 1.165) is 6.42 Å². The van der Waals surface area contributed by atoms with Gasteiger partial charge in [-0.05, 0) is 31.4 Å². The highest BCUT2D eigenvalue weighted by Gasteiger charge is 2.50. The minimum absolute atomic E-state index is 0.156. The monoisotopic (exact) mass is 199 g/mol. The predicted molar refractivity (Wildman–Crippen MR) is 48.6 cm³/mol. The number of nitroso groups, excluding NO2 is 1. The molecule has 1 unspecified atom stereocenters. The van der Waals surface area contributed by atoms with E-state index in [-0.39, 0.29) is 19.4 Å². The molecule has 0 aromatic rings. The van der Waals surface area contributed by atoms with Crippen molar-refractivity contribution in [2.75, 3.05) is 6.61 Å². The summed E-state index contributed by atoms with van der Waals surface area (Å²) < 4.78 is 4.69. The lowest BCUT2D eigenvalue weighted by molar-refractivity contribution is -0.154. The summed E-state index contributed by atoms with van der Waals surface area (Å²) in [6.07, 6.45) is 1.81. The summed E-state index contributed by atoms with van der Waals surface area (Å²) in [6, 6.07) is 0. The molecule has 5 heteroatoms. The summed E-state index contributed by atoms with van der Waals surface area (Å²) in [5, 5.41) is 2.70. The first-order valence-corrected chi connectivity index (χ1v) is 4.72. The standard InChI is InChI=1S/C9H13NO4/c1-2-14-8(12)9(10-13)6-4-3-5-7(9)11/h2-6H2,1H3. The third-order valence-electron chi connectivity index (χ3n) is 2.42. The van der Waals surface area contributed by atoms with Crippen LogP contribution in [-0.4, -0.2) is 23.9 Å². The topological polar surface area (TPSA) is 72.8 Å². The Bertz CT molecular complexity index is 264. The van der Waals surface area contributed by atoms with Crippen LogP contribution in [0.2, 0.25) is 0 Å². The van der Waals surface area contributed by atoms with Crippen LogP contribution in [0, 0.1) is 4.91 Å². The van der Waals surface area contributed by atoms with Gasteiger partial charge in [0.1, 0.15) is 0 Å². The molecule has 1 fully saturated rings. The maximum atomic E-state index is 11.5. The van der Waals surface area contributed by atoms with Crippen molar-refractivity contribution in [1.82, 2.24) is 0 Å². The summed E-state index contributed by atoms with van der Waals surface area (Å²) in [5.41, 5.74) is -1.74. The van der Waals surface area contributed by atoms with Gasteiger partial charge in [-0.15, -0.1) is 4.91 Å². The Balaban J connectivity index is 2.88. The zero-order valence-electron chi connectivity index (χ0n) is 8.12. The highest BCUT2D eigenvalue weighted by atomic mass is 16.5. The van der Waals surface area contributed by atoms with Crippen molar-refractivity contribution in [3.05, 3.63) is 4.91 Å². The number of Topliss-reactive ketones (excluding diaryl/α,β-unsaturated/α-hetero) is 1. The second-order valence-electron chi connectivity index (χ2n) is 3.30. The number of hydrogen-bond acceptors (Lipinski definition) is 5. The van der Waals surface area contributed by atoms with E-state index in [4.69, 9.17) is 4.74 Å². The first-order valence-electron chi connectivity index (χ1n) is 4.72. The quantitative estimate of drug-likeness (QED) is 0.389. The molecule has 1 rings (SSSR count). The molecule has 78 valence electrons. The lowest BCUT2D eigenvalue weighted by Crippen LogP contribution is -2.47. The number of nitrogens with zero attached hydrogens (tertiary/aromatic N) is 1. The molecule has 0 radical (unpaired) electrons. The molecule has 0 heterocycles. The van der Waals surface area contributed by atoms with Crippen molar-refractivity contribution in [2.45, 2.75) is 38.1 Å². The maximum Gasteiger partial charge on any atom is 0.345 e. The zero-order chi connectivity index (χ0) is 10.6. The number of ketones is 1. The van der Waals surface area contributed by atoms with Gasteiger partial charge in [0.25, 0.3) is 5.54 Å². The zero-order valence-corrected chi connectivity index (χ0v) is 8.12. The van der Waals surface area contributed by atoms with Crippen molar-refractivity contribution in [3.63, 3.8) is 0 Å². The predicted octanol–water partition coefficient (Wildman–Crippen LogP) is 1.20. The molecule has 5 nitrogen and oxygen atoms in total. The molecule has 1 atom stereocenters. The summed E-state index contributed by atoms with van der Waals surface area (Å²) in [7, 11) is 0. The smallest absolute Gasteiger partial charge is 0.345 e. The van der Waals surface area contributed by atoms with Crippen molar-refractivity contribution in [1.29, 1.82) is 0 Å². The van der Waals surface area contributed by atoms with Crippen LogP contribution in [0.5, 0.6) is 0 Å². The molecule has 0 bridgehead atoms.